The molecule has 2 N–H and O–H groups in total. The van der Waals surface area contributed by atoms with Gasteiger partial charge in [-0.1, -0.05) is 55.5 Å². The fourth-order valence-corrected chi connectivity index (χ4v) is 5.01. The third kappa shape index (κ3) is 6.48. The zero-order valence-electron chi connectivity index (χ0n) is 20.4. The lowest BCUT2D eigenvalue weighted by Gasteiger charge is -2.30. The first-order valence-corrected chi connectivity index (χ1v) is 13.2. The number of carbonyl (C=O) groups is 2. The lowest BCUT2D eigenvalue weighted by molar-refractivity contribution is -0.117. The molecule has 0 fully saturated rings. The molecule has 0 spiro atoms. The van der Waals surface area contributed by atoms with Crippen molar-refractivity contribution < 1.29 is 18.0 Å². The van der Waals surface area contributed by atoms with E-state index in [2.05, 4.69) is 10.6 Å². The van der Waals surface area contributed by atoms with E-state index in [1.807, 2.05) is 50.2 Å². The fourth-order valence-electron chi connectivity index (χ4n) is 3.80. The van der Waals surface area contributed by atoms with Crippen molar-refractivity contribution in [3.8, 4) is 0 Å². The van der Waals surface area contributed by atoms with E-state index >= 15 is 0 Å². The van der Waals surface area contributed by atoms with Gasteiger partial charge in [-0.05, 0) is 61.2 Å². The standard InChI is InChI=1S/C27H31N3O4S/c1-5-25(30(35(4,33)34)22-16-15-19(2)20(3)17-22)27(32)29-24-14-10-9-13-23(24)26(31)28-18-21-11-7-6-8-12-21/h6-17,25H,5,18H2,1-4H3,(H,28,31)(H,29,32)/t25-/m0/s1. The molecule has 3 rings (SSSR count). The molecule has 0 aromatic heterocycles. The number of benzene rings is 3. The van der Waals surface area contributed by atoms with Gasteiger partial charge in [-0.2, -0.15) is 0 Å². The number of rotatable bonds is 9. The Hall–Kier alpha value is -3.65. The molecule has 0 unspecified atom stereocenters. The summed E-state index contributed by atoms with van der Waals surface area (Å²) >= 11 is 0. The first-order valence-electron chi connectivity index (χ1n) is 11.4. The molecule has 7 nitrogen and oxygen atoms in total. The summed E-state index contributed by atoms with van der Waals surface area (Å²) in [7, 11) is -3.77. The Kier molecular flexibility index (Phi) is 8.30. The molecule has 0 saturated carbocycles. The van der Waals surface area contributed by atoms with Crippen molar-refractivity contribution >= 4 is 33.2 Å². The van der Waals surface area contributed by atoms with Gasteiger partial charge in [0.15, 0.2) is 0 Å². The lowest BCUT2D eigenvalue weighted by Crippen LogP contribution is -2.47. The van der Waals surface area contributed by atoms with E-state index in [1.165, 1.54) is 0 Å². The number of para-hydroxylation sites is 1. The SMILES string of the molecule is CC[C@@H](C(=O)Nc1ccccc1C(=O)NCc1ccccc1)N(c1ccc(C)c(C)c1)S(C)(=O)=O. The molecule has 3 aromatic carbocycles. The van der Waals surface area contributed by atoms with Crippen LogP contribution in [0.1, 0.15) is 40.4 Å². The zero-order valence-corrected chi connectivity index (χ0v) is 21.2. The second kappa shape index (κ2) is 11.2. The minimum absolute atomic E-state index is 0.244. The van der Waals surface area contributed by atoms with Gasteiger partial charge in [0.2, 0.25) is 15.9 Å². The molecule has 1 atom stereocenters. The number of hydrogen-bond donors (Lipinski definition) is 2. The number of hydrogen-bond acceptors (Lipinski definition) is 4. The quantitative estimate of drug-likeness (QED) is 0.461. The van der Waals surface area contributed by atoms with Crippen molar-refractivity contribution in [2.75, 3.05) is 15.9 Å². The van der Waals surface area contributed by atoms with E-state index in [0.717, 1.165) is 27.3 Å². The Bertz CT molecular complexity index is 1310. The summed E-state index contributed by atoms with van der Waals surface area (Å²) in [6, 6.07) is 20.5. The summed E-state index contributed by atoms with van der Waals surface area (Å²) in [4.78, 5) is 26.2. The van der Waals surface area contributed by atoms with E-state index in [0.29, 0.717) is 23.5 Å². The smallest absolute Gasteiger partial charge is 0.253 e. The maximum Gasteiger partial charge on any atom is 0.253 e. The summed E-state index contributed by atoms with van der Waals surface area (Å²) in [5, 5.41) is 5.64. The summed E-state index contributed by atoms with van der Waals surface area (Å²) < 4.78 is 26.7. The number of nitrogens with zero attached hydrogens (tertiary/aromatic N) is 1. The molecule has 2 amide bonds. The number of aryl methyl sites for hydroxylation is 2. The zero-order chi connectivity index (χ0) is 25.6. The van der Waals surface area contributed by atoms with E-state index in [1.54, 1.807) is 43.3 Å². The van der Waals surface area contributed by atoms with Gasteiger partial charge >= 0.3 is 0 Å². The van der Waals surface area contributed by atoms with E-state index < -0.39 is 22.0 Å². The Morgan fingerprint density at radius 1 is 0.914 bits per heavy atom. The van der Waals surface area contributed by atoms with Crippen LogP contribution < -0.4 is 14.9 Å². The van der Waals surface area contributed by atoms with Crippen molar-refractivity contribution in [3.63, 3.8) is 0 Å². The van der Waals surface area contributed by atoms with Crippen molar-refractivity contribution in [2.24, 2.45) is 0 Å². The second-order valence-corrected chi connectivity index (χ2v) is 10.3. The number of sulfonamides is 1. The van der Waals surface area contributed by atoms with Crippen molar-refractivity contribution in [2.45, 2.75) is 39.8 Å². The van der Waals surface area contributed by atoms with Crippen LogP contribution >= 0.6 is 0 Å². The van der Waals surface area contributed by atoms with Crippen molar-refractivity contribution in [1.82, 2.24) is 5.32 Å². The largest absolute Gasteiger partial charge is 0.348 e. The summed E-state index contributed by atoms with van der Waals surface area (Å²) in [6.45, 7) is 5.93. The van der Waals surface area contributed by atoms with Crippen LogP contribution in [0.15, 0.2) is 72.8 Å². The normalized spacial score (nSPS) is 12.0. The number of anilines is 2. The Balaban J connectivity index is 1.85. The molecule has 0 aliphatic carbocycles. The molecule has 0 heterocycles. The molecular weight excluding hydrogens is 462 g/mol. The van der Waals surface area contributed by atoms with Crippen LogP contribution in [0.25, 0.3) is 0 Å². The summed E-state index contributed by atoms with van der Waals surface area (Å²) in [5.41, 5.74) is 3.93. The van der Waals surface area contributed by atoms with Gasteiger partial charge in [0.05, 0.1) is 23.2 Å². The van der Waals surface area contributed by atoms with Gasteiger partial charge in [-0.3, -0.25) is 13.9 Å². The van der Waals surface area contributed by atoms with Crippen LogP contribution in [-0.4, -0.2) is 32.5 Å². The monoisotopic (exact) mass is 493 g/mol. The highest BCUT2D eigenvalue weighted by Crippen LogP contribution is 2.26. The number of nitrogens with one attached hydrogen (secondary N) is 2. The lowest BCUT2D eigenvalue weighted by atomic mass is 10.1. The second-order valence-electron chi connectivity index (χ2n) is 8.45. The molecule has 0 radical (unpaired) electrons. The van der Waals surface area contributed by atoms with Gasteiger partial charge in [0.25, 0.3) is 5.91 Å². The Morgan fingerprint density at radius 2 is 1.57 bits per heavy atom. The van der Waals surface area contributed by atoms with Crippen molar-refractivity contribution in [3.05, 3.63) is 95.1 Å². The van der Waals surface area contributed by atoms with Crippen LogP contribution in [0.4, 0.5) is 11.4 Å². The van der Waals surface area contributed by atoms with Gasteiger partial charge in [-0.15, -0.1) is 0 Å². The van der Waals surface area contributed by atoms with Crippen LogP contribution in [0.2, 0.25) is 0 Å². The summed E-state index contributed by atoms with van der Waals surface area (Å²) in [5.74, 6) is -0.855. The highest BCUT2D eigenvalue weighted by molar-refractivity contribution is 7.92. The minimum Gasteiger partial charge on any atom is -0.348 e. The average Bonchev–Trinajstić information content (AvgIpc) is 2.83. The molecule has 0 aliphatic heterocycles. The van der Waals surface area contributed by atoms with Crippen LogP contribution in [0.5, 0.6) is 0 Å². The molecule has 0 saturated heterocycles. The van der Waals surface area contributed by atoms with Crippen LogP contribution in [-0.2, 0) is 21.4 Å². The highest BCUT2D eigenvalue weighted by atomic mass is 32.2. The molecule has 0 bridgehead atoms. The fraction of sp³-hybridized carbons (Fsp3) is 0.259. The predicted molar refractivity (Wildman–Crippen MR) is 140 cm³/mol. The van der Waals surface area contributed by atoms with Crippen molar-refractivity contribution in [1.29, 1.82) is 0 Å². The third-order valence-electron chi connectivity index (χ3n) is 5.80. The summed E-state index contributed by atoms with van der Waals surface area (Å²) in [6.07, 6.45) is 1.33. The highest BCUT2D eigenvalue weighted by Gasteiger charge is 2.32. The average molecular weight is 494 g/mol. The van der Waals surface area contributed by atoms with E-state index in [9.17, 15) is 18.0 Å². The number of carbonyl (C=O) groups excluding carboxylic acids is 2. The first kappa shape index (κ1) is 26.0. The van der Waals surface area contributed by atoms with Gasteiger partial charge < -0.3 is 10.6 Å². The predicted octanol–water partition coefficient (Wildman–Crippen LogP) is 4.42. The molecule has 35 heavy (non-hydrogen) atoms. The topological polar surface area (TPSA) is 95.6 Å². The van der Waals surface area contributed by atoms with E-state index in [-0.39, 0.29) is 12.3 Å². The van der Waals surface area contributed by atoms with Gasteiger partial charge in [0, 0.05) is 6.54 Å². The molecule has 0 aliphatic rings. The molecule has 3 aromatic rings. The van der Waals surface area contributed by atoms with Gasteiger partial charge in [0.1, 0.15) is 6.04 Å². The Morgan fingerprint density at radius 3 is 2.20 bits per heavy atom. The van der Waals surface area contributed by atoms with Crippen LogP contribution in [0, 0.1) is 13.8 Å². The molecule has 184 valence electrons. The molecule has 8 heteroatoms. The minimum atomic E-state index is -3.77. The molecular formula is C27H31N3O4S. The maximum atomic E-state index is 13.4. The third-order valence-corrected chi connectivity index (χ3v) is 6.98. The van der Waals surface area contributed by atoms with Gasteiger partial charge in [-0.25, -0.2) is 8.42 Å². The van der Waals surface area contributed by atoms with E-state index in [4.69, 9.17) is 0 Å². The number of amides is 2. The van der Waals surface area contributed by atoms with Crippen LogP contribution in [0.3, 0.4) is 0 Å². The maximum absolute atomic E-state index is 13.4. The first-order chi connectivity index (χ1) is 16.6. The Labute approximate surface area is 207 Å².